The summed E-state index contributed by atoms with van der Waals surface area (Å²) in [5, 5.41) is 3.14. The number of nitrogens with one attached hydrogen (secondary N) is 1. The number of nitrogen functional groups attached to an aromatic ring is 1. The van der Waals surface area contributed by atoms with Crippen molar-refractivity contribution in [3.63, 3.8) is 0 Å². The van der Waals surface area contributed by atoms with Crippen molar-refractivity contribution >= 4 is 34.9 Å². The summed E-state index contributed by atoms with van der Waals surface area (Å²) < 4.78 is 3.96. The van der Waals surface area contributed by atoms with Crippen LogP contribution in [0.3, 0.4) is 0 Å². The summed E-state index contributed by atoms with van der Waals surface area (Å²) in [6.07, 6.45) is 5.47. The van der Waals surface area contributed by atoms with Gasteiger partial charge in [0, 0.05) is 19.1 Å². The van der Waals surface area contributed by atoms with E-state index in [9.17, 15) is 14.4 Å². The molecule has 10 heteroatoms. The highest BCUT2D eigenvalue weighted by Crippen LogP contribution is 2.25. The number of nitrogens with zero attached hydrogens (tertiary/aromatic N) is 3. The van der Waals surface area contributed by atoms with Crippen LogP contribution in [0.1, 0.15) is 79.5 Å². The summed E-state index contributed by atoms with van der Waals surface area (Å²) in [5.74, 6) is -1.28. The molecule has 174 valence electrons. The van der Waals surface area contributed by atoms with Crippen molar-refractivity contribution in [2.45, 2.75) is 71.4 Å². The number of anilines is 1. The van der Waals surface area contributed by atoms with E-state index in [4.69, 9.17) is 11.5 Å². The zero-order valence-corrected chi connectivity index (χ0v) is 19.7. The Kier molecular flexibility index (Phi) is 9.70. The van der Waals surface area contributed by atoms with Crippen LogP contribution >= 0.6 is 11.5 Å². The van der Waals surface area contributed by atoms with Gasteiger partial charge in [0.05, 0.1) is 5.69 Å². The van der Waals surface area contributed by atoms with Crippen LogP contribution in [0.15, 0.2) is 0 Å². The number of carbonyl (C=O) groups is 3. The number of primary amides is 1. The molecule has 1 aliphatic carbocycles. The Bertz CT molecular complexity index is 758. The second-order valence-electron chi connectivity index (χ2n) is 7.96. The molecule has 1 saturated carbocycles. The molecule has 1 atom stereocenters. The average molecular weight is 453 g/mol. The molecule has 1 aromatic heterocycles. The minimum atomic E-state index is -0.772. The highest BCUT2D eigenvalue weighted by molar-refractivity contribution is 7.09. The van der Waals surface area contributed by atoms with Crippen molar-refractivity contribution < 1.29 is 14.4 Å². The third-order valence-electron chi connectivity index (χ3n) is 5.91. The van der Waals surface area contributed by atoms with Gasteiger partial charge in [-0.25, -0.2) is 0 Å². The van der Waals surface area contributed by atoms with Crippen molar-refractivity contribution in [1.29, 1.82) is 0 Å². The van der Waals surface area contributed by atoms with Gasteiger partial charge < -0.3 is 26.6 Å². The first-order chi connectivity index (χ1) is 14.8. The first-order valence-corrected chi connectivity index (χ1v) is 12.0. The maximum Gasteiger partial charge on any atom is 0.270 e. The van der Waals surface area contributed by atoms with Gasteiger partial charge in [-0.05, 0) is 43.9 Å². The minimum absolute atomic E-state index is 0.0122. The number of amides is 3. The van der Waals surface area contributed by atoms with Gasteiger partial charge in [0.25, 0.3) is 11.8 Å². The summed E-state index contributed by atoms with van der Waals surface area (Å²) in [5.41, 5.74) is 11.2. The second-order valence-corrected chi connectivity index (χ2v) is 8.73. The van der Waals surface area contributed by atoms with E-state index in [0.717, 1.165) is 56.7 Å². The Morgan fingerprint density at radius 2 is 1.81 bits per heavy atom. The van der Waals surface area contributed by atoms with Crippen LogP contribution in [0.2, 0.25) is 0 Å². The van der Waals surface area contributed by atoms with Gasteiger partial charge in [-0.1, -0.05) is 40.0 Å². The fraction of sp³-hybridized carbons (Fsp3) is 0.714. The molecule has 9 nitrogen and oxygen atoms in total. The topological polar surface area (TPSA) is 135 Å². The maximum atomic E-state index is 13.5. The van der Waals surface area contributed by atoms with Crippen molar-refractivity contribution in [3.8, 4) is 0 Å². The van der Waals surface area contributed by atoms with E-state index in [1.807, 2.05) is 6.92 Å². The third-order valence-corrected chi connectivity index (χ3v) is 6.76. The summed E-state index contributed by atoms with van der Waals surface area (Å²) in [6, 6.07) is -0.436. The molecule has 0 aromatic carbocycles. The first-order valence-electron chi connectivity index (χ1n) is 11.2. The van der Waals surface area contributed by atoms with Gasteiger partial charge in [-0.2, -0.15) is 4.37 Å². The molecule has 1 aromatic rings. The lowest BCUT2D eigenvalue weighted by atomic mass is 10.1. The Morgan fingerprint density at radius 3 is 2.32 bits per heavy atom. The van der Waals surface area contributed by atoms with Crippen LogP contribution in [0.4, 0.5) is 5.69 Å². The molecule has 0 radical (unpaired) electrons. The van der Waals surface area contributed by atoms with Crippen LogP contribution in [0, 0.1) is 0 Å². The molecule has 0 aliphatic heterocycles. The fourth-order valence-electron chi connectivity index (χ4n) is 4.02. The molecule has 31 heavy (non-hydrogen) atoms. The van der Waals surface area contributed by atoms with E-state index in [0.29, 0.717) is 19.5 Å². The predicted molar refractivity (Wildman–Crippen MR) is 123 cm³/mol. The predicted octanol–water partition coefficient (Wildman–Crippen LogP) is 1.84. The SMILES string of the molecule is CCC[C@H](C(=O)NC1CCCC1)N(CCN(CC)CC)C(=O)c1snc(C(N)=O)c1N. The Labute approximate surface area is 188 Å². The largest absolute Gasteiger partial charge is 0.395 e. The third kappa shape index (κ3) is 6.39. The Balaban J connectivity index is 2.32. The second kappa shape index (κ2) is 12.0. The number of hydrogen-bond donors (Lipinski definition) is 3. The average Bonchev–Trinajstić information content (AvgIpc) is 3.39. The van der Waals surface area contributed by atoms with Crippen molar-refractivity contribution in [3.05, 3.63) is 10.6 Å². The van der Waals surface area contributed by atoms with Gasteiger partial charge in [0.1, 0.15) is 10.9 Å². The lowest BCUT2D eigenvalue weighted by molar-refractivity contribution is -0.126. The Hall–Kier alpha value is -2.20. The number of carbonyl (C=O) groups excluding carboxylic acids is 3. The monoisotopic (exact) mass is 452 g/mol. The lowest BCUT2D eigenvalue weighted by Gasteiger charge is -2.33. The summed E-state index contributed by atoms with van der Waals surface area (Å²) in [4.78, 5) is 42.2. The Morgan fingerprint density at radius 1 is 1.16 bits per heavy atom. The van der Waals surface area contributed by atoms with Crippen LogP contribution in [-0.2, 0) is 4.79 Å². The first kappa shape index (κ1) is 25.1. The van der Waals surface area contributed by atoms with E-state index in [2.05, 4.69) is 28.4 Å². The van der Waals surface area contributed by atoms with Gasteiger partial charge >= 0.3 is 0 Å². The van der Waals surface area contributed by atoms with E-state index in [1.165, 1.54) is 0 Å². The number of nitrogens with two attached hydrogens (primary N) is 2. The zero-order valence-electron chi connectivity index (χ0n) is 18.9. The summed E-state index contributed by atoms with van der Waals surface area (Å²) in [7, 11) is 0. The molecule has 1 aliphatic rings. The normalized spacial score (nSPS) is 15.2. The molecule has 5 N–H and O–H groups in total. The summed E-state index contributed by atoms with van der Waals surface area (Å²) >= 11 is 0.854. The van der Waals surface area contributed by atoms with E-state index >= 15 is 0 Å². The zero-order chi connectivity index (χ0) is 23.0. The molecular weight excluding hydrogens is 416 g/mol. The van der Waals surface area contributed by atoms with Gasteiger partial charge in [-0.15, -0.1) is 0 Å². The van der Waals surface area contributed by atoms with Gasteiger partial charge in [0.2, 0.25) is 5.91 Å². The molecule has 1 heterocycles. The van der Waals surface area contributed by atoms with Gasteiger partial charge in [-0.3, -0.25) is 14.4 Å². The highest BCUT2D eigenvalue weighted by Gasteiger charge is 2.34. The number of hydrogen-bond acceptors (Lipinski definition) is 7. The van der Waals surface area contributed by atoms with Crippen LogP contribution < -0.4 is 16.8 Å². The van der Waals surface area contributed by atoms with Crippen molar-refractivity contribution in [2.24, 2.45) is 5.73 Å². The molecule has 2 rings (SSSR count). The fourth-order valence-corrected chi connectivity index (χ4v) is 4.78. The lowest BCUT2D eigenvalue weighted by Crippen LogP contribution is -2.53. The quantitative estimate of drug-likeness (QED) is 0.443. The molecular formula is C21H36N6O3S. The van der Waals surface area contributed by atoms with E-state index in [1.54, 1.807) is 4.90 Å². The standard InChI is InChI=1S/C21H36N6O3S/c1-4-9-15(20(29)24-14-10-7-8-11-14)27(13-12-26(5-2)6-3)21(30)18-16(22)17(19(23)28)25-31-18/h14-15H,4-13,22H2,1-3H3,(H2,23,28)(H,24,29)/t15-/m1/s1. The smallest absolute Gasteiger partial charge is 0.270 e. The minimum Gasteiger partial charge on any atom is -0.395 e. The molecule has 1 fully saturated rings. The number of likely N-dealkylation sites (N-methyl/N-ethyl adjacent to an activating group) is 1. The number of aromatic nitrogens is 1. The molecule has 0 bridgehead atoms. The van der Waals surface area contributed by atoms with Crippen LogP contribution in [0.25, 0.3) is 0 Å². The van der Waals surface area contributed by atoms with E-state index < -0.39 is 11.9 Å². The van der Waals surface area contributed by atoms with Crippen LogP contribution in [0.5, 0.6) is 0 Å². The highest BCUT2D eigenvalue weighted by atomic mass is 32.1. The maximum absolute atomic E-state index is 13.5. The van der Waals surface area contributed by atoms with E-state index in [-0.39, 0.29) is 34.1 Å². The van der Waals surface area contributed by atoms with Crippen molar-refractivity contribution in [1.82, 2.24) is 19.5 Å². The molecule has 0 spiro atoms. The number of rotatable bonds is 12. The van der Waals surface area contributed by atoms with Gasteiger partial charge in [0.15, 0.2) is 5.69 Å². The summed E-state index contributed by atoms with van der Waals surface area (Å²) in [6.45, 7) is 8.83. The van der Waals surface area contributed by atoms with Crippen molar-refractivity contribution in [2.75, 3.05) is 31.9 Å². The van der Waals surface area contributed by atoms with Crippen LogP contribution in [-0.4, -0.2) is 70.2 Å². The molecule has 3 amide bonds. The molecule has 0 unspecified atom stereocenters. The molecule has 0 saturated heterocycles.